The highest BCUT2D eigenvalue weighted by molar-refractivity contribution is 6.31. The highest BCUT2D eigenvalue weighted by atomic mass is 35.5. The summed E-state index contributed by atoms with van der Waals surface area (Å²) in [5, 5.41) is 7.48. The fourth-order valence-corrected chi connectivity index (χ4v) is 2.76. The van der Waals surface area contributed by atoms with Gasteiger partial charge in [-0.3, -0.25) is 14.5 Å². The Morgan fingerprint density at radius 3 is 2.76 bits per heavy atom. The molecule has 0 saturated carbocycles. The molecule has 3 aromatic rings. The van der Waals surface area contributed by atoms with Gasteiger partial charge in [0.05, 0.1) is 23.0 Å². The molecule has 0 saturated heterocycles. The second-order valence-electron chi connectivity index (χ2n) is 6.47. The van der Waals surface area contributed by atoms with E-state index in [1.807, 2.05) is 13.8 Å². The Bertz CT molecular complexity index is 1040. The monoisotopic (exact) mass is 427 g/mol. The third-order valence-corrected chi connectivity index (χ3v) is 4.08. The number of pyridine rings is 2. The van der Waals surface area contributed by atoms with Crippen LogP contribution in [-0.4, -0.2) is 38.3 Å². The highest BCUT2D eigenvalue weighted by Gasteiger charge is 2.31. The lowest BCUT2D eigenvalue weighted by Gasteiger charge is -2.10. The van der Waals surface area contributed by atoms with Gasteiger partial charge >= 0.3 is 6.18 Å². The molecule has 11 heteroatoms. The van der Waals surface area contributed by atoms with Crippen molar-refractivity contribution < 1.29 is 22.7 Å². The molecule has 7 nitrogen and oxygen atoms in total. The Hall–Kier alpha value is -2.88. The minimum atomic E-state index is -4.53. The molecule has 1 N–H and O–H groups in total. The van der Waals surface area contributed by atoms with Crippen molar-refractivity contribution in [2.45, 2.75) is 32.6 Å². The SMILES string of the molecule is CC(C)NC(=O)c1nccc2nn(CCOc3ncc(C(F)(F)F)cc3Cl)cc12. The quantitative estimate of drug-likeness (QED) is 0.648. The molecule has 0 atom stereocenters. The van der Waals surface area contributed by atoms with Crippen LogP contribution in [0.2, 0.25) is 5.02 Å². The summed E-state index contributed by atoms with van der Waals surface area (Å²) in [5.41, 5.74) is -0.108. The van der Waals surface area contributed by atoms with E-state index in [0.29, 0.717) is 17.1 Å². The molecule has 0 aromatic carbocycles. The van der Waals surface area contributed by atoms with E-state index in [0.717, 1.165) is 6.07 Å². The van der Waals surface area contributed by atoms with E-state index in [1.54, 1.807) is 16.9 Å². The van der Waals surface area contributed by atoms with E-state index in [-0.39, 0.29) is 41.7 Å². The summed E-state index contributed by atoms with van der Waals surface area (Å²) in [6, 6.07) is 2.40. The van der Waals surface area contributed by atoms with Gasteiger partial charge in [0.25, 0.3) is 5.91 Å². The number of nitrogens with one attached hydrogen (secondary N) is 1. The molecular weight excluding hydrogens is 411 g/mol. The van der Waals surface area contributed by atoms with Gasteiger partial charge in [-0.15, -0.1) is 0 Å². The van der Waals surface area contributed by atoms with Crippen molar-refractivity contribution in [3.05, 3.63) is 47.0 Å². The zero-order chi connectivity index (χ0) is 21.2. The van der Waals surface area contributed by atoms with Crippen LogP contribution in [-0.2, 0) is 12.7 Å². The molecule has 1 amide bonds. The van der Waals surface area contributed by atoms with Crippen molar-refractivity contribution in [3.8, 4) is 5.88 Å². The van der Waals surface area contributed by atoms with Crippen molar-refractivity contribution in [2.75, 3.05) is 6.61 Å². The van der Waals surface area contributed by atoms with Gasteiger partial charge in [0.2, 0.25) is 5.88 Å². The molecule has 3 rings (SSSR count). The third kappa shape index (κ3) is 4.94. The molecule has 0 aliphatic heterocycles. The van der Waals surface area contributed by atoms with Crippen LogP contribution >= 0.6 is 11.6 Å². The van der Waals surface area contributed by atoms with E-state index < -0.39 is 11.7 Å². The van der Waals surface area contributed by atoms with E-state index in [9.17, 15) is 18.0 Å². The lowest BCUT2D eigenvalue weighted by Crippen LogP contribution is -2.30. The summed E-state index contributed by atoms with van der Waals surface area (Å²) in [7, 11) is 0. The van der Waals surface area contributed by atoms with Crippen LogP contribution < -0.4 is 10.1 Å². The Balaban J connectivity index is 1.69. The van der Waals surface area contributed by atoms with Crippen LogP contribution in [0.1, 0.15) is 29.9 Å². The number of rotatable bonds is 6. The molecule has 0 bridgehead atoms. The first-order chi connectivity index (χ1) is 13.6. The van der Waals surface area contributed by atoms with Crippen LogP contribution in [0.3, 0.4) is 0 Å². The number of nitrogens with zero attached hydrogens (tertiary/aromatic N) is 4. The first kappa shape index (κ1) is 20.8. The standard InChI is InChI=1S/C18H17ClF3N5O2/c1-10(2)25-16(28)15-12-9-27(26-14(12)3-4-23-15)5-6-29-17-13(19)7-11(8-24-17)18(20,21)22/h3-4,7-10H,5-6H2,1-2H3,(H,25,28). The van der Waals surface area contributed by atoms with Crippen molar-refractivity contribution in [1.29, 1.82) is 0 Å². The second kappa shape index (κ2) is 8.24. The van der Waals surface area contributed by atoms with Crippen LogP contribution in [0.15, 0.2) is 30.7 Å². The van der Waals surface area contributed by atoms with E-state index in [4.69, 9.17) is 16.3 Å². The molecule has 0 spiro atoms. The summed E-state index contributed by atoms with van der Waals surface area (Å²) in [4.78, 5) is 20.0. The largest absolute Gasteiger partial charge is 0.475 e. The number of hydrogen-bond donors (Lipinski definition) is 1. The van der Waals surface area contributed by atoms with Gasteiger partial charge in [0.1, 0.15) is 17.3 Å². The van der Waals surface area contributed by atoms with Crippen molar-refractivity contribution >= 4 is 28.4 Å². The van der Waals surface area contributed by atoms with Crippen LogP contribution in [0.4, 0.5) is 13.2 Å². The third-order valence-electron chi connectivity index (χ3n) is 3.81. The second-order valence-corrected chi connectivity index (χ2v) is 6.88. The van der Waals surface area contributed by atoms with Crippen LogP contribution in [0, 0.1) is 0 Å². The topological polar surface area (TPSA) is 81.9 Å². The van der Waals surface area contributed by atoms with Gasteiger partial charge in [0, 0.05) is 24.6 Å². The van der Waals surface area contributed by atoms with Gasteiger partial charge in [-0.2, -0.15) is 18.3 Å². The van der Waals surface area contributed by atoms with Crippen molar-refractivity contribution in [1.82, 2.24) is 25.1 Å². The van der Waals surface area contributed by atoms with Crippen molar-refractivity contribution in [2.24, 2.45) is 0 Å². The van der Waals surface area contributed by atoms with Gasteiger partial charge in [-0.05, 0) is 26.0 Å². The predicted octanol–water partition coefficient (Wildman–Crippen LogP) is 3.72. The Kier molecular flexibility index (Phi) is 5.92. The maximum absolute atomic E-state index is 12.6. The maximum atomic E-state index is 12.6. The number of fused-ring (bicyclic) bond motifs is 1. The fraction of sp³-hybridized carbons (Fsp3) is 0.333. The van der Waals surface area contributed by atoms with Gasteiger partial charge in [0.15, 0.2) is 0 Å². The molecule has 0 radical (unpaired) electrons. The van der Waals surface area contributed by atoms with E-state index in [1.165, 1.54) is 6.20 Å². The first-order valence-corrected chi connectivity index (χ1v) is 9.01. The molecule has 0 unspecified atom stereocenters. The highest BCUT2D eigenvalue weighted by Crippen LogP contribution is 2.33. The molecule has 0 fully saturated rings. The summed E-state index contributed by atoms with van der Waals surface area (Å²) in [6.07, 6.45) is -0.716. The number of hydrogen-bond acceptors (Lipinski definition) is 5. The lowest BCUT2D eigenvalue weighted by atomic mass is 10.2. The number of carbonyl (C=O) groups is 1. The smallest absolute Gasteiger partial charge is 0.417 e. The van der Waals surface area contributed by atoms with Gasteiger partial charge < -0.3 is 10.1 Å². The molecule has 3 aromatic heterocycles. The van der Waals surface area contributed by atoms with Crippen molar-refractivity contribution in [3.63, 3.8) is 0 Å². The normalized spacial score (nSPS) is 11.8. The Morgan fingerprint density at radius 1 is 1.34 bits per heavy atom. The molecule has 0 aliphatic rings. The number of amides is 1. The average Bonchev–Trinajstić information content (AvgIpc) is 3.04. The molecule has 154 valence electrons. The first-order valence-electron chi connectivity index (χ1n) is 8.63. The summed E-state index contributed by atoms with van der Waals surface area (Å²) < 4.78 is 44.9. The Labute approximate surface area is 168 Å². The van der Waals surface area contributed by atoms with Crippen LogP contribution in [0.5, 0.6) is 5.88 Å². The van der Waals surface area contributed by atoms with E-state index >= 15 is 0 Å². The molecule has 0 aliphatic carbocycles. The molecule has 3 heterocycles. The molecular formula is C18H17ClF3N5O2. The summed E-state index contributed by atoms with van der Waals surface area (Å²) >= 11 is 5.82. The number of halogens is 4. The zero-order valence-corrected chi connectivity index (χ0v) is 16.3. The predicted molar refractivity (Wildman–Crippen MR) is 99.9 cm³/mol. The number of aromatic nitrogens is 4. The molecule has 29 heavy (non-hydrogen) atoms. The van der Waals surface area contributed by atoms with Crippen LogP contribution in [0.25, 0.3) is 10.9 Å². The minimum absolute atomic E-state index is 0.0380. The minimum Gasteiger partial charge on any atom is -0.475 e. The maximum Gasteiger partial charge on any atom is 0.417 e. The van der Waals surface area contributed by atoms with Gasteiger partial charge in [-0.25, -0.2) is 4.98 Å². The number of ether oxygens (including phenoxy) is 1. The number of carbonyl (C=O) groups excluding carboxylic acids is 1. The Morgan fingerprint density at radius 2 is 2.10 bits per heavy atom. The fourth-order valence-electron chi connectivity index (χ4n) is 2.54. The summed E-state index contributed by atoms with van der Waals surface area (Å²) in [6.45, 7) is 4.02. The van der Waals surface area contributed by atoms with E-state index in [2.05, 4.69) is 20.4 Å². The summed E-state index contributed by atoms with van der Waals surface area (Å²) in [5.74, 6) is -0.405. The zero-order valence-electron chi connectivity index (χ0n) is 15.5. The average molecular weight is 428 g/mol. The number of alkyl halides is 3. The van der Waals surface area contributed by atoms with Gasteiger partial charge in [-0.1, -0.05) is 11.6 Å². The lowest BCUT2D eigenvalue weighted by molar-refractivity contribution is -0.137.